The molecule has 136 valence electrons. The van der Waals surface area contributed by atoms with Crippen LogP contribution in [-0.2, 0) is 22.9 Å². The number of rotatable bonds is 3. The molecule has 2 aromatic carbocycles. The van der Waals surface area contributed by atoms with E-state index in [4.69, 9.17) is 0 Å². The summed E-state index contributed by atoms with van der Waals surface area (Å²) >= 11 is 0. The predicted molar refractivity (Wildman–Crippen MR) is 102 cm³/mol. The van der Waals surface area contributed by atoms with Crippen LogP contribution in [0.4, 0.5) is 10.5 Å². The van der Waals surface area contributed by atoms with Crippen LogP contribution in [0.3, 0.4) is 0 Å². The molecule has 0 aromatic heterocycles. The fourth-order valence-electron chi connectivity index (χ4n) is 3.34. The molecule has 4 rings (SSSR count). The van der Waals surface area contributed by atoms with Crippen molar-refractivity contribution < 1.29 is 13.2 Å². The molecule has 2 aromatic rings. The van der Waals surface area contributed by atoms with Crippen LogP contribution in [0.25, 0.3) is 11.1 Å². The molecule has 1 fully saturated rings. The van der Waals surface area contributed by atoms with Crippen molar-refractivity contribution in [1.29, 1.82) is 0 Å². The maximum Gasteiger partial charge on any atom is 0.319 e. The first-order chi connectivity index (χ1) is 12.5. The second-order valence-electron chi connectivity index (χ2n) is 6.80. The first-order valence-electron chi connectivity index (χ1n) is 8.68. The van der Waals surface area contributed by atoms with Crippen LogP contribution in [0.1, 0.15) is 11.1 Å². The van der Waals surface area contributed by atoms with Gasteiger partial charge in [0.25, 0.3) is 0 Å². The number of hydrogen-bond donors (Lipinski definition) is 2. The van der Waals surface area contributed by atoms with Crippen LogP contribution >= 0.6 is 0 Å². The van der Waals surface area contributed by atoms with Gasteiger partial charge in [-0.25, -0.2) is 13.2 Å². The summed E-state index contributed by atoms with van der Waals surface area (Å²) in [4.78, 5) is 13.7. The largest absolute Gasteiger partial charge is 0.334 e. The van der Waals surface area contributed by atoms with Crippen LogP contribution in [-0.4, -0.2) is 43.9 Å². The van der Waals surface area contributed by atoms with E-state index in [1.165, 1.54) is 5.56 Å². The van der Waals surface area contributed by atoms with Gasteiger partial charge in [-0.15, -0.1) is 0 Å². The van der Waals surface area contributed by atoms with Gasteiger partial charge in [-0.1, -0.05) is 36.4 Å². The number of nitrogens with zero attached hydrogens (tertiary/aromatic N) is 1. The summed E-state index contributed by atoms with van der Waals surface area (Å²) in [6, 6.07) is 14.2. The molecule has 0 spiro atoms. The summed E-state index contributed by atoms with van der Waals surface area (Å²) in [7, 11) is -2.84. The minimum Gasteiger partial charge on any atom is -0.334 e. The van der Waals surface area contributed by atoms with Crippen LogP contribution in [0.2, 0.25) is 0 Å². The molecular formula is C19H21N3O3S. The number of hydrogen-bond acceptors (Lipinski definition) is 4. The maximum atomic E-state index is 11.5. The number of nitrogens with one attached hydrogen (secondary N) is 2. The van der Waals surface area contributed by atoms with Crippen LogP contribution < -0.4 is 10.6 Å². The Morgan fingerprint density at radius 2 is 1.65 bits per heavy atom. The first kappa shape index (κ1) is 17.1. The second-order valence-corrected chi connectivity index (χ2v) is 9.11. The molecule has 7 heteroatoms. The predicted octanol–water partition coefficient (Wildman–Crippen LogP) is 2.22. The van der Waals surface area contributed by atoms with Crippen LogP contribution in [0, 0.1) is 0 Å². The first-order valence-corrected chi connectivity index (χ1v) is 10.5. The normalized spacial score (nSPS) is 19.3. The van der Waals surface area contributed by atoms with Crippen molar-refractivity contribution in [3.63, 3.8) is 0 Å². The quantitative estimate of drug-likeness (QED) is 0.867. The highest BCUT2D eigenvalue weighted by Crippen LogP contribution is 2.27. The van der Waals surface area contributed by atoms with E-state index in [0.29, 0.717) is 19.6 Å². The van der Waals surface area contributed by atoms with Crippen molar-refractivity contribution in [3.05, 3.63) is 53.6 Å². The van der Waals surface area contributed by atoms with Crippen molar-refractivity contribution >= 4 is 21.6 Å². The Balaban J connectivity index is 1.46. The molecule has 0 aliphatic carbocycles. The Morgan fingerprint density at radius 1 is 0.962 bits per heavy atom. The summed E-state index contributed by atoms with van der Waals surface area (Å²) in [5.74, 6) is 0.502. The van der Waals surface area contributed by atoms with E-state index in [-0.39, 0.29) is 17.5 Å². The fourth-order valence-corrected chi connectivity index (χ4v) is 4.61. The summed E-state index contributed by atoms with van der Waals surface area (Å²) in [5.41, 5.74) is 5.24. The average Bonchev–Trinajstić information content (AvgIpc) is 2.63. The second kappa shape index (κ2) is 6.74. The molecule has 0 bridgehead atoms. The topological polar surface area (TPSA) is 78.5 Å². The maximum absolute atomic E-state index is 11.5. The van der Waals surface area contributed by atoms with Gasteiger partial charge in [-0.3, -0.25) is 4.90 Å². The molecule has 2 heterocycles. The smallest absolute Gasteiger partial charge is 0.319 e. The lowest BCUT2D eigenvalue weighted by Crippen LogP contribution is -2.39. The number of benzene rings is 2. The zero-order chi connectivity index (χ0) is 18.1. The van der Waals surface area contributed by atoms with Gasteiger partial charge in [0.15, 0.2) is 9.84 Å². The minimum atomic E-state index is -2.84. The van der Waals surface area contributed by atoms with Gasteiger partial charge < -0.3 is 10.6 Å². The van der Waals surface area contributed by atoms with Gasteiger partial charge in [0.1, 0.15) is 0 Å². The number of sulfone groups is 1. The van der Waals surface area contributed by atoms with E-state index in [1.54, 1.807) is 0 Å². The van der Waals surface area contributed by atoms with Crippen molar-refractivity contribution in [2.24, 2.45) is 0 Å². The molecule has 0 unspecified atom stereocenters. The average molecular weight is 371 g/mol. The summed E-state index contributed by atoms with van der Waals surface area (Å²) < 4.78 is 23.0. The molecule has 0 radical (unpaired) electrons. The zero-order valence-electron chi connectivity index (χ0n) is 14.4. The van der Waals surface area contributed by atoms with Crippen molar-refractivity contribution in [1.82, 2.24) is 10.2 Å². The van der Waals surface area contributed by atoms with E-state index in [1.807, 2.05) is 12.1 Å². The molecule has 2 N–H and O–H groups in total. The van der Waals surface area contributed by atoms with E-state index >= 15 is 0 Å². The van der Waals surface area contributed by atoms with E-state index in [0.717, 1.165) is 28.9 Å². The Kier molecular flexibility index (Phi) is 4.42. The highest BCUT2D eigenvalue weighted by atomic mass is 32.2. The standard InChI is InChI=1S/C19H21N3O3S/c23-19-20-12-17-6-5-16(11-18(17)21-19)15-3-1-14(2-4-15)13-22-7-9-26(24,25)10-8-22/h1-6,11H,7-10,12-13H2,(H2,20,21,23). The van der Waals surface area contributed by atoms with Crippen molar-refractivity contribution in [3.8, 4) is 11.1 Å². The monoisotopic (exact) mass is 371 g/mol. The number of carbonyl (C=O) groups is 1. The molecule has 26 heavy (non-hydrogen) atoms. The SMILES string of the molecule is O=C1NCc2ccc(-c3ccc(CN4CCS(=O)(=O)CC4)cc3)cc2N1. The third-order valence-corrected chi connectivity index (χ3v) is 6.54. The lowest BCUT2D eigenvalue weighted by Gasteiger charge is -2.26. The molecule has 2 aliphatic heterocycles. The van der Waals surface area contributed by atoms with Crippen LogP contribution in [0.5, 0.6) is 0 Å². The Bertz CT molecular complexity index is 925. The zero-order valence-corrected chi connectivity index (χ0v) is 15.2. The number of urea groups is 1. The number of fused-ring (bicyclic) bond motifs is 1. The third kappa shape index (κ3) is 3.73. The summed E-state index contributed by atoms with van der Waals surface area (Å²) in [5, 5.41) is 5.59. The van der Waals surface area contributed by atoms with Gasteiger partial charge in [-0.05, 0) is 28.3 Å². The minimum absolute atomic E-state index is 0.173. The van der Waals surface area contributed by atoms with Crippen molar-refractivity contribution in [2.45, 2.75) is 13.1 Å². The Labute approximate surface area is 153 Å². The number of amides is 2. The summed E-state index contributed by atoms with van der Waals surface area (Å²) in [6.45, 7) is 2.51. The summed E-state index contributed by atoms with van der Waals surface area (Å²) in [6.07, 6.45) is 0. The molecule has 1 saturated heterocycles. The van der Waals surface area contributed by atoms with E-state index in [9.17, 15) is 13.2 Å². The van der Waals surface area contributed by atoms with Gasteiger partial charge in [0.2, 0.25) is 0 Å². The molecule has 0 atom stereocenters. The highest BCUT2D eigenvalue weighted by molar-refractivity contribution is 7.91. The Hall–Kier alpha value is -2.38. The Morgan fingerprint density at radius 3 is 2.38 bits per heavy atom. The number of carbonyl (C=O) groups excluding carboxylic acids is 1. The molecule has 6 nitrogen and oxygen atoms in total. The van der Waals surface area contributed by atoms with Crippen molar-refractivity contribution in [2.75, 3.05) is 29.9 Å². The molecular weight excluding hydrogens is 350 g/mol. The van der Waals surface area contributed by atoms with Gasteiger partial charge in [0.05, 0.1) is 11.5 Å². The fraction of sp³-hybridized carbons (Fsp3) is 0.316. The third-order valence-electron chi connectivity index (χ3n) is 4.93. The number of anilines is 1. The molecule has 0 saturated carbocycles. The lowest BCUT2D eigenvalue weighted by atomic mass is 10.0. The lowest BCUT2D eigenvalue weighted by molar-refractivity contribution is 0.251. The van der Waals surface area contributed by atoms with Gasteiger partial charge in [-0.2, -0.15) is 0 Å². The molecule has 2 amide bonds. The van der Waals surface area contributed by atoms with Gasteiger partial charge in [0, 0.05) is 31.9 Å². The molecule has 2 aliphatic rings. The van der Waals surface area contributed by atoms with Crippen LogP contribution in [0.15, 0.2) is 42.5 Å². The van der Waals surface area contributed by atoms with E-state index < -0.39 is 9.84 Å². The van der Waals surface area contributed by atoms with E-state index in [2.05, 4.69) is 45.9 Å². The van der Waals surface area contributed by atoms with Gasteiger partial charge >= 0.3 is 6.03 Å². The highest BCUT2D eigenvalue weighted by Gasteiger charge is 2.21.